The molecule has 0 aliphatic rings. The Kier molecular flexibility index (Phi) is 4.71. The second-order valence-corrected chi connectivity index (χ2v) is 7.55. The average molecular weight is 388 g/mol. The van der Waals surface area contributed by atoms with Crippen LogP contribution in [0.5, 0.6) is 0 Å². The van der Waals surface area contributed by atoms with Crippen molar-refractivity contribution in [2.45, 2.75) is 0 Å². The first-order valence-electron chi connectivity index (χ1n) is 8.90. The van der Waals surface area contributed by atoms with Crippen molar-refractivity contribution in [2.24, 2.45) is 5.73 Å². The van der Waals surface area contributed by atoms with Crippen molar-refractivity contribution in [1.82, 2.24) is 4.98 Å². The van der Waals surface area contributed by atoms with Crippen LogP contribution in [0.25, 0.3) is 33.2 Å². The molecule has 0 fully saturated rings. The highest BCUT2D eigenvalue weighted by Gasteiger charge is 2.14. The number of nitrogens with two attached hydrogens (primary N) is 1. The average Bonchev–Trinajstić information content (AvgIpc) is 3.14. The second-order valence-electron chi connectivity index (χ2n) is 6.69. The van der Waals surface area contributed by atoms with E-state index in [4.69, 9.17) is 11.1 Å². The van der Waals surface area contributed by atoms with E-state index in [1.54, 1.807) is 0 Å². The summed E-state index contributed by atoms with van der Waals surface area (Å²) in [5.41, 5.74) is 10.8. The number of aromatic nitrogens is 1. The van der Waals surface area contributed by atoms with Gasteiger partial charge in [0.25, 0.3) is 0 Å². The number of hydrogen-bond acceptors (Lipinski definition) is 4. The Hall–Kier alpha value is -3.38. The highest BCUT2D eigenvalue weighted by atomic mass is 32.1. The quantitative estimate of drug-likeness (QED) is 0.340. The molecule has 0 bridgehead atoms. The molecule has 0 unspecified atom stereocenters. The number of hydrogen-bond donors (Lipinski definition) is 3. The van der Waals surface area contributed by atoms with E-state index in [1.165, 1.54) is 33.4 Å². The maximum absolute atomic E-state index is 7.40. The third-order valence-electron chi connectivity index (χ3n) is 4.62. The van der Waals surface area contributed by atoms with Gasteiger partial charge in [0.05, 0.1) is 5.69 Å². The Labute approximate surface area is 168 Å². The largest absolute Gasteiger partial charge is 0.377 e. The van der Waals surface area contributed by atoms with Gasteiger partial charge in [-0.15, -0.1) is 11.3 Å². The predicted molar refractivity (Wildman–Crippen MR) is 120 cm³/mol. The molecule has 0 radical (unpaired) electrons. The molecule has 0 saturated carbocycles. The molecule has 1 aromatic heterocycles. The molecule has 0 aliphatic carbocycles. The molecule has 0 amide bonds. The van der Waals surface area contributed by atoms with Crippen molar-refractivity contribution >= 4 is 38.9 Å². The van der Waals surface area contributed by atoms with Gasteiger partial charge in [0.15, 0.2) is 11.1 Å². The fourth-order valence-electron chi connectivity index (χ4n) is 3.43. The van der Waals surface area contributed by atoms with Crippen LogP contribution in [-0.4, -0.2) is 25.0 Å². The Morgan fingerprint density at radius 2 is 1.61 bits per heavy atom. The van der Waals surface area contributed by atoms with Crippen LogP contribution in [-0.2, 0) is 0 Å². The molecule has 0 spiro atoms. The Morgan fingerprint density at radius 3 is 2.36 bits per heavy atom. The lowest BCUT2D eigenvalue weighted by atomic mass is 9.93. The predicted octanol–water partition coefficient (Wildman–Crippen LogP) is 5.00. The fraction of sp³-hybridized carbons (Fsp3) is 0.0909. The van der Waals surface area contributed by atoms with Crippen molar-refractivity contribution in [3.05, 3.63) is 66.0 Å². The maximum Gasteiger partial charge on any atom is 0.192 e. The molecular weight excluding hydrogens is 366 g/mol. The highest BCUT2D eigenvalue weighted by molar-refractivity contribution is 7.14. The van der Waals surface area contributed by atoms with E-state index < -0.39 is 0 Å². The molecule has 4 N–H and O–H groups in total. The molecule has 28 heavy (non-hydrogen) atoms. The number of rotatable bonds is 4. The minimum Gasteiger partial charge on any atom is -0.377 e. The first-order valence-corrected chi connectivity index (χ1v) is 9.78. The van der Waals surface area contributed by atoms with Gasteiger partial charge in [-0.25, -0.2) is 4.98 Å². The first-order chi connectivity index (χ1) is 13.5. The van der Waals surface area contributed by atoms with Crippen molar-refractivity contribution in [3.63, 3.8) is 0 Å². The van der Waals surface area contributed by atoms with Gasteiger partial charge in [-0.1, -0.05) is 54.6 Å². The summed E-state index contributed by atoms with van der Waals surface area (Å²) < 4.78 is 0. The third kappa shape index (κ3) is 3.30. The summed E-state index contributed by atoms with van der Waals surface area (Å²) in [6.45, 7) is 0. The van der Waals surface area contributed by atoms with E-state index in [0.29, 0.717) is 5.13 Å². The molecule has 0 aliphatic heterocycles. The van der Waals surface area contributed by atoms with Crippen LogP contribution >= 0.6 is 11.3 Å². The second kappa shape index (κ2) is 7.32. The van der Waals surface area contributed by atoms with Crippen molar-refractivity contribution in [2.75, 3.05) is 24.3 Å². The zero-order valence-corrected chi connectivity index (χ0v) is 16.5. The number of nitrogens with one attached hydrogen (secondary N) is 2. The van der Waals surface area contributed by atoms with Crippen LogP contribution in [0.3, 0.4) is 0 Å². The lowest BCUT2D eigenvalue weighted by molar-refractivity contribution is 1.14. The van der Waals surface area contributed by atoms with Crippen LogP contribution in [0.4, 0.5) is 10.8 Å². The number of fused-ring (bicyclic) bond motifs is 1. The Bertz CT molecular complexity index is 1160. The van der Waals surface area contributed by atoms with Gasteiger partial charge in [-0.05, 0) is 22.6 Å². The monoisotopic (exact) mass is 387 g/mol. The van der Waals surface area contributed by atoms with E-state index in [9.17, 15) is 0 Å². The van der Waals surface area contributed by atoms with Gasteiger partial charge in [0.2, 0.25) is 0 Å². The fourth-order valence-corrected chi connectivity index (χ4v) is 4.15. The van der Waals surface area contributed by atoms with Crippen molar-refractivity contribution in [3.8, 4) is 22.4 Å². The molecule has 0 saturated heterocycles. The standard InChI is InChI=1S/C22H21N5S/c1-27(2)20-12-6-10-16-14(9-5-11-18(16)20)15-7-3-4-8-17(15)19-13-28-22(25-19)26-21(23)24/h3-13H,1-2H3,(H4,23,24,25,26). The molecular formula is C22H21N5S. The van der Waals surface area contributed by atoms with E-state index in [1.807, 2.05) is 11.4 Å². The maximum atomic E-state index is 7.40. The highest BCUT2D eigenvalue weighted by Crippen LogP contribution is 2.38. The SMILES string of the molecule is CN(C)c1cccc2c(-c3ccccc3-c3csc(NC(=N)N)n3)cccc12. The van der Waals surface area contributed by atoms with Crippen LogP contribution in [0.15, 0.2) is 66.0 Å². The summed E-state index contributed by atoms with van der Waals surface area (Å²) in [6.07, 6.45) is 0. The molecule has 1 heterocycles. The number of thiazole rings is 1. The first kappa shape index (κ1) is 18.0. The summed E-state index contributed by atoms with van der Waals surface area (Å²) in [4.78, 5) is 6.75. The minimum atomic E-state index is -0.112. The summed E-state index contributed by atoms with van der Waals surface area (Å²) in [7, 11) is 4.13. The summed E-state index contributed by atoms with van der Waals surface area (Å²) in [6, 6.07) is 21.1. The molecule has 140 valence electrons. The number of nitrogens with zero attached hydrogens (tertiary/aromatic N) is 2. The summed E-state index contributed by atoms with van der Waals surface area (Å²) in [5.74, 6) is -0.112. The van der Waals surface area contributed by atoms with Crippen LogP contribution < -0.4 is 16.0 Å². The zero-order valence-electron chi connectivity index (χ0n) is 15.7. The Morgan fingerprint density at radius 1 is 0.929 bits per heavy atom. The normalized spacial score (nSPS) is 10.8. The van der Waals surface area contributed by atoms with E-state index in [0.717, 1.165) is 16.8 Å². The number of anilines is 2. The van der Waals surface area contributed by atoms with Crippen molar-refractivity contribution in [1.29, 1.82) is 5.41 Å². The summed E-state index contributed by atoms with van der Waals surface area (Å²) >= 11 is 1.44. The van der Waals surface area contributed by atoms with Gasteiger partial charge in [0.1, 0.15) is 0 Å². The Balaban J connectivity index is 1.89. The van der Waals surface area contributed by atoms with E-state index in [-0.39, 0.29) is 5.96 Å². The molecule has 4 aromatic rings. The molecule has 3 aromatic carbocycles. The molecule has 5 nitrogen and oxygen atoms in total. The molecule has 6 heteroatoms. The lowest BCUT2D eigenvalue weighted by Gasteiger charge is -2.17. The van der Waals surface area contributed by atoms with Gasteiger partial charge in [0, 0.05) is 36.1 Å². The van der Waals surface area contributed by atoms with Gasteiger partial charge < -0.3 is 16.0 Å². The third-order valence-corrected chi connectivity index (χ3v) is 5.38. The van der Waals surface area contributed by atoms with Gasteiger partial charge in [-0.3, -0.25) is 5.41 Å². The smallest absolute Gasteiger partial charge is 0.192 e. The number of benzene rings is 3. The van der Waals surface area contributed by atoms with Gasteiger partial charge in [-0.2, -0.15) is 0 Å². The minimum absolute atomic E-state index is 0.112. The zero-order chi connectivity index (χ0) is 19.7. The van der Waals surface area contributed by atoms with E-state index >= 15 is 0 Å². The van der Waals surface area contributed by atoms with Gasteiger partial charge >= 0.3 is 0 Å². The topological polar surface area (TPSA) is 78.0 Å². The van der Waals surface area contributed by atoms with E-state index in [2.05, 4.69) is 83.9 Å². The van der Waals surface area contributed by atoms with Crippen molar-refractivity contribution < 1.29 is 0 Å². The van der Waals surface area contributed by atoms with Crippen LogP contribution in [0.1, 0.15) is 0 Å². The molecule has 4 rings (SSSR count). The lowest BCUT2D eigenvalue weighted by Crippen LogP contribution is -2.20. The number of guanidine groups is 1. The molecule has 0 atom stereocenters. The van der Waals surface area contributed by atoms with Crippen LogP contribution in [0, 0.1) is 5.41 Å². The van der Waals surface area contributed by atoms with Crippen LogP contribution in [0.2, 0.25) is 0 Å². The summed E-state index contributed by atoms with van der Waals surface area (Å²) in [5, 5.41) is 15.2.